The number of carbonyl (C=O) groups is 2. The fraction of sp³-hybridized carbons (Fsp3) is 0.238. The van der Waals surface area contributed by atoms with Crippen molar-refractivity contribution in [2.45, 2.75) is 26.4 Å². The number of hydrogen-bond donors (Lipinski definition) is 2. The number of hydrogen-bond acceptors (Lipinski definition) is 6. The smallest absolute Gasteiger partial charge is 0.405 e. The molecule has 1 atom stereocenters. The molecule has 0 fully saturated rings. The van der Waals surface area contributed by atoms with Gasteiger partial charge in [0.2, 0.25) is 0 Å². The van der Waals surface area contributed by atoms with Gasteiger partial charge >= 0.3 is 6.09 Å². The molecule has 0 saturated heterocycles. The van der Waals surface area contributed by atoms with Crippen molar-refractivity contribution >= 4 is 28.5 Å². The van der Waals surface area contributed by atoms with Crippen LogP contribution >= 0.6 is 11.3 Å². The van der Waals surface area contributed by atoms with Crippen molar-refractivity contribution in [1.82, 2.24) is 9.97 Å². The molecule has 150 valence electrons. The standard InChI is InChI=1S/C21H22N4O3S/c1-13(2)10-18(28-20(22)27)19(26)25-21-24-17(12-29-21)16-5-3-4-15(11-16)14-6-8-23-9-7-14/h3-9,11-13,18H,10H2,1-2H3,(H2,22,27)(H,24,25,26). The van der Waals surface area contributed by atoms with Gasteiger partial charge in [-0.1, -0.05) is 32.0 Å². The first-order valence-electron chi connectivity index (χ1n) is 9.15. The lowest BCUT2D eigenvalue weighted by atomic mass is 10.0. The Morgan fingerprint density at radius 1 is 1.14 bits per heavy atom. The number of ether oxygens (including phenoxy) is 1. The predicted octanol–water partition coefficient (Wildman–Crippen LogP) is 4.32. The predicted molar refractivity (Wildman–Crippen MR) is 113 cm³/mol. The Balaban J connectivity index is 1.75. The highest BCUT2D eigenvalue weighted by Crippen LogP contribution is 2.29. The van der Waals surface area contributed by atoms with Crippen LogP contribution in [0.2, 0.25) is 0 Å². The number of primary amides is 1. The van der Waals surface area contributed by atoms with Crippen molar-refractivity contribution in [3.8, 4) is 22.4 Å². The summed E-state index contributed by atoms with van der Waals surface area (Å²) in [5.74, 6) is -0.281. The van der Waals surface area contributed by atoms with Crippen LogP contribution < -0.4 is 11.1 Å². The van der Waals surface area contributed by atoms with Crippen LogP contribution in [-0.4, -0.2) is 28.1 Å². The minimum atomic E-state index is -0.974. The van der Waals surface area contributed by atoms with E-state index in [1.165, 1.54) is 11.3 Å². The van der Waals surface area contributed by atoms with Crippen LogP contribution in [0, 0.1) is 5.92 Å². The number of nitrogens with one attached hydrogen (secondary N) is 1. The Bertz CT molecular complexity index is 988. The molecule has 2 aromatic heterocycles. The van der Waals surface area contributed by atoms with Crippen LogP contribution in [0.25, 0.3) is 22.4 Å². The van der Waals surface area contributed by atoms with Gasteiger partial charge in [-0.25, -0.2) is 9.78 Å². The van der Waals surface area contributed by atoms with E-state index in [-0.39, 0.29) is 5.92 Å². The summed E-state index contributed by atoms with van der Waals surface area (Å²) in [4.78, 5) is 32.1. The molecule has 0 aliphatic heterocycles. The van der Waals surface area contributed by atoms with Crippen molar-refractivity contribution < 1.29 is 14.3 Å². The zero-order chi connectivity index (χ0) is 20.8. The third-order valence-corrected chi connectivity index (χ3v) is 4.90. The first-order chi connectivity index (χ1) is 13.9. The normalized spacial score (nSPS) is 11.8. The van der Waals surface area contributed by atoms with E-state index in [4.69, 9.17) is 10.5 Å². The Morgan fingerprint density at radius 3 is 2.55 bits per heavy atom. The van der Waals surface area contributed by atoms with Crippen molar-refractivity contribution in [2.75, 3.05) is 5.32 Å². The highest BCUT2D eigenvalue weighted by Gasteiger charge is 2.24. The lowest BCUT2D eigenvalue weighted by Crippen LogP contribution is -2.35. The molecular formula is C21H22N4O3S. The number of thiazole rings is 1. The summed E-state index contributed by atoms with van der Waals surface area (Å²) in [7, 11) is 0. The van der Waals surface area contributed by atoms with Crippen molar-refractivity contribution in [3.63, 3.8) is 0 Å². The molecule has 3 rings (SSSR count). The summed E-state index contributed by atoms with van der Waals surface area (Å²) in [6.07, 6.45) is 1.95. The number of pyridine rings is 1. The van der Waals surface area contributed by atoms with Gasteiger partial charge in [-0.3, -0.25) is 15.1 Å². The molecule has 29 heavy (non-hydrogen) atoms. The topological polar surface area (TPSA) is 107 Å². The van der Waals surface area contributed by atoms with E-state index in [0.29, 0.717) is 11.6 Å². The molecule has 0 spiro atoms. The van der Waals surface area contributed by atoms with E-state index in [1.54, 1.807) is 12.4 Å². The number of nitrogens with two attached hydrogens (primary N) is 1. The summed E-state index contributed by atoms with van der Waals surface area (Å²) in [5.41, 5.74) is 8.88. The number of amides is 2. The third-order valence-electron chi connectivity index (χ3n) is 4.14. The zero-order valence-corrected chi connectivity index (χ0v) is 17.0. The SMILES string of the molecule is CC(C)CC(OC(N)=O)C(=O)Nc1nc(-c2cccc(-c3ccncc3)c2)cs1. The van der Waals surface area contributed by atoms with E-state index in [2.05, 4.69) is 15.3 Å². The Morgan fingerprint density at radius 2 is 1.86 bits per heavy atom. The van der Waals surface area contributed by atoms with E-state index in [1.807, 2.05) is 55.6 Å². The van der Waals surface area contributed by atoms with E-state index in [0.717, 1.165) is 22.4 Å². The van der Waals surface area contributed by atoms with E-state index < -0.39 is 18.1 Å². The lowest BCUT2D eigenvalue weighted by molar-refractivity contribution is -0.124. The van der Waals surface area contributed by atoms with Crippen LogP contribution in [0.4, 0.5) is 9.93 Å². The highest BCUT2D eigenvalue weighted by molar-refractivity contribution is 7.14. The Labute approximate surface area is 173 Å². The van der Waals surface area contributed by atoms with Gasteiger partial charge in [-0.05, 0) is 41.7 Å². The third kappa shape index (κ3) is 5.61. The van der Waals surface area contributed by atoms with Gasteiger partial charge in [0.05, 0.1) is 5.69 Å². The fourth-order valence-electron chi connectivity index (χ4n) is 2.83. The van der Waals surface area contributed by atoms with Crippen molar-refractivity contribution in [2.24, 2.45) is 11.7 Å². The summed E-state index contributed by atoms with van der Waals surface area (Å²) < 4.78 is 4.95. The first-order valence-corrected chi connectivity index (χ1v) is 10.0. The monoisotopic (exact) mass is 410 g/mol. The molecule has 1 aromatic carbocycles. The summed E-state index contributed by atoms with van der Waals surface area (Å²) >= 11 is 1.30. The van der Waals surface area contributed by atoms with Gasteiger partial charge in [0.15, 0.2) is 11.2 Å². The molecule has 3 aromatic rings. The number of anilines is 1. The molecule has 0 aliphatic rings. The van der Waals surface area contributed by atoms with Gasteiger partial charge < -0.3 is 10.5 Å². The van der Waals surface area contributed by atoms with Gasteiger partial charge in [0, 0.05) is 23.3 Å². The van der Waals surface area contributed by atoms with Crippen molar-refractivity contribution in [3.05, 3.63) is 54.2 Å². The molecule has 8 heteroatoms. The summed E-state index contributed by atoms with van der Waals surface area (Å²) in [6.45, 7) is 3.86. The summed E-state index contributed by atoms with van der Waals surface area (Å²) in [6, 6.07) is 11.9. The Kier molecular flexibility index (Phi) is 6.56. The van der Waals surface area contributed by atoms with Gasteiger partial charge in [-0.15, -0.1) is 11.3 Å². The molecule has 1 unspecified atom stereocenters. The quantitative estimate of drug-likeness (QED) is 0.603. The van der Waals surface area contributed by atoms with Crippen LogP contribution in [0.5, 0.6) is 0 Å². The average Bonchev–Trinajstić information content (AvgIpc) is 3.16. The molecule has 2 amide bonds. The number of benzene rings is 1. The maximum Gasteiger partial charge on any atom is 0.405 e. The second kappa shape index (κ2) is 9.29. The minimum Gasteiger partial charge on any atom is -0.436 e. The van der Waals surface area contributed by atoms with Crippen LogP contribution in [0.3, 0.4) is 0 Å². The number of nitrogens with zero attached hydrogens (tertiary/aromatic N) is 2. The van der Waals surface area contributed by atoms with Crippen LogP contribution in [0.15, 0.2) is 54.2 Å². The van der Waals surface area contributed by atoms with Crippen LogP contribution in [-0.2, 0) is 9.53 Å². The van der Waals surface area contributed by atoms with Crippen molar-refractivity contribution in [1.29, 1.82) is 0 Å². The average molecular weight is 410 g/mol. The minimum absolute atomic E-state index is 0.160. The number of rotatable bonds is 7. The Hall–Kier alpha value is -3.26. The molecule has 0 radical (unpaired) electrons. The molecule has 3 N–H and O–H groups in total. The maximum atomic E-state index is 12.5. The first kappa shape index (κ1) is 20.5. The fourth-order valence-corrected chi connectivity index (χ4v) is 3.55. The number of aromatic nitrogens is 2. The molecule has 0 saturated carbocycles. The van der Waals surface area contributed by atoms with E-state index in [9.17, 15) is 9.59 Å². The highest BCUT2D eigenvalue weighted by atomic mass is 32.1. The molecule has 7 nitrogen and oxygen atoms in total. The zero-order valence-electron chi connectivity index (χ0n) is 16.2. The molecule has 0 aliphatic carbocycles. The molecule has 0 bridgehead atoms. The maximum absolute atomic E-state index is 12.5. The lowest BCUT2D eigenvalue weighted by Gasteiger charge is -2.17. The number of carbonyl (C=O) groups excluding carboxylic acids is 2. The van der Waals surface area contributed by atoms with E-state index >= 15 is 0 Å². The summed E-state index contributed by atoms with van der Waals surface area (Å²) in [5, 5.41) is 5.02. The van der Waals surface area contributed by atoms with Gasteiger partial charge in [-0.2, -0.15) is 0 Å². The second-order valence-corrected chi connectivity index (χ2v) is 7.76. The van der Waals surface area contributed by atoms with Gasteiger partial charge in [0.25, 0.3) is 5.91 Å². The molecule has 2 heterocycles. The second-order valence-electron chi connectivity index (χ2n) is 6.90. The molecular weight excluding hydrogens is 388 g/mol. The van der Waals surface area contributed by atoms with Gasteiger partial charge in [0.1, 0.15) is 0 Å². The largest absolute Gasteiger partial charge is 0.436 e. The van der Waals surface area contributed by atoms with Crippen LogP contribution in [0.1, 0.15) is 20.3 Å².